The molecule has 0 amide bonds. The second kappa shape index (κ2) is 8.22. The first-order chi connectivity index (χ1) is 18.9. The van der Waals surface area contributed by atoms with Gasteiger partial charge >= 0.3 is 0 Å². The second-order valence-corrected chi connectivity index (χ2v) is 9.81. The Labute approximate surface area is 220 Å². The zero-order chi connectivity index (χ0) is 25.1. The first-order valence-electron chi connectivity index (χ1n) is 13.0. The predicted molar refractivity (Wildman–Crippen MR) is 161 cm³/mol. The molecular weight excluding hydrogens is 460 g/mol. The van der Waals surface area contributed by atoms with Crippen LogP contribution in [0.25, 0.3) is 66.1 Å². The van der Waals surface area contributed by atoms with Crippen molar-refractivity contribution in [1.29, 1.82) is 0 Å². The third-order valence-electron chi connectivity index (χ3n) is 7.69. The summed E-state index contributed by atoms with van der Waals surface area (Å²) in [6.07, 6.45) is 0. The molecule has 0 spiro atoms. The summed E-state index contributed by atoms with van der Waals surface area (Å²) >= 11 is 0. The molecule has 0 aliphatic heterocycles. The summed E-state index contributed by atoms with van der Waals surface area (Å²) < 4.78 is 4.89. The van der Waals surface area contributed by atoms with Gasteiger partial charge in [0.25, 0.3) is 0 Å². The Kier molecular flexibility index (Phi) is 4.55. The Morgan fingerprint density at radius 2 is 0.789 bits per heavy atom. The van der Waals surface area contributed by atoms with Crippen LogP contribution in [0.2, 0.25) is 0 Å². The molecule has 0 unspecified atom stereocenters. The highest BCUT2D eigenvalue weighted by Gasteiger charge is 2.20. The molecule has 8 aromatic rings. The van der Waals surface area contributed by atoms with Gasteiger partial charge in [-0.2, -0.15) is 0 Å². The fraction of sp³-hybridized carbons (Fsp3) is 0. The highest BCUT2D eigenvalue weighted by Crippen LogP contribution is 2.41. The maximum Gasteiger partial charge on any atom is 0.0788 e. The van der Waals surface area contributed by atoms with Gasteiger partial charge in [0.15, 0.2) is 0 Å². The summed E-state index contributed by atoms with van der Waals surface area (Å²) in [6.45, 7) is 0. The van der Waals surface area contributed by atoms with Crippen molar-refractivity contribution < 1.29 is 0 Å². The Bertz CT molecular complexity index is 2110. The van der Waals surface area contributed by atoms with Crippen LogP contribution < -0.4 is 0 Å². The number of nitrogens with zero attached hydrogens (tertiary/aromatic N) is 2. The Morgan fingerprint density at radius 1 is 0.316 bits per heavy atom. The fourth-order valence-electron chi connectivity index (χ4n) is 6.07. The van der Waals surface area contributed by atoms with Crippen molar-refractivity contribution in [3.05, 3.63) is 146 Å². The lowest BCUT2D eigenvalue weighted by molar-refractivity contribution is 1.15. The Balaban J connectivity index is 1.57. The predicted octanol–water partition coefficient (Wildman–Crippen LogP) is 9.55. The van der Waals surface area contributed by atoms with Crippen molar-refractivity contribution >= 4 is 43.6 Å². The summed E-state index contributed by atoms with van der Waals surface area (Å²) in [4.78, 5) is 0. The monoisotopic (exact) mass is 484 g/mol. The van der Waals surface area contributed by atoms with Crippen molar-refractivity contribution in [2.75, 3.05) is 0 Å². The van der Waals surface area contributed by atoms with Crippen LogP contribution in [0.3, 0.4) is 0 Å². The van der Waals surface area contributed by atoms with Gasteiger partial charge in [-0.05, 0) is 47.5 Å². The standard InChI is InChI=1S/C36H24N2/c1-3-12-25(13-4-1)26-14-11-17-28(24-26)38-34-21-10-8-19-30(34)32-23-22-31-29-18-7-9-20-33(29)37(35(31)36(32)38)27-15-5-2-6-16-27/h1-24H. The summed E-state index contributed by atoms with van der Waals surface area (Å²) in [5.41, 5.74) is 9.66. The molecule has 0 fully saturated rings. The molecule has 2 nitrogen and oxygen atoms in total. The zero-order valence-electron chi connectivity index (χ0n) is 20.8. The van der Waals surface area contributed by atoms with Gasteiger partial charge in [-0.25, -0.2) is 0 Å². The van der Waals surface area contributed by atoms with Gasteiger partial charge in [-0.1, -0.05) is 109 Å². The highest BCUT2D eigenvalue weighted by molar-refractivity contribution is 6.23. The van der Waals surface area contributed by atoms with Gasteiger partial charge in [-0.15, -0.1) is 0 Å². The van der Waals surface area contributed by atoms with Crippen LogP contribution in [0.5, 0.6) is 0 Å². The normalized spacial score (nSPS) is 11.7. The van der Waals surface area contributed by atoms with Crippen LogP contribution >= 0.6 is 0 Å². The van der Waals surface area contributed by atoms with E-state index >= 15 is 0 Å². The molecule has 6 aromatic carbocycles. The highest BCUT2D eigenvalue weighted by atomic mass is 15.0. The average molecular weight is 485 g/mol. The van der Waals surface area contributed by atoms with Gasteiger partial charge in [0.2, 0.25) is 0 Å². The molecule has 38 heavy (non-hydrogen) atoms. The lowest BCUT2D eigenvalue weighted by Crippen LogP contribution is -1.98. The Hall–Kier alpha value is -5.08. The molecule has 0 aliphatic carbocycles. The van der Waals surface area contributed by atoms with Crippen LogP contribution in [0.1, 0.15) is 0 Å². The lowest BCUT2D eigenvalue weighted by atomic mass is 10.1. The van der Waals surface area contributed by atoms with Crippen molar-refractivity contribution in [3.63, 3.8) is 0 Å². The second-order valence-electron chi connectivity index (χ2n) is 9.81. The molecule has 0 N–H and O–H groups in total. The minimum atomic E-state index is 1.16. The van der Waals surface area contributed by atoms with Crippen LogP contribution in [-0.2, 0) is 0 Å². The molecule has 8 rings (SSSR count). The number of para-hydroxylation sites is 3. The molecular formula is C36H24N2. The molecule has 0 saturated carbocycles. The van der Waals surface area contributed by atoms with E-state index in [1.807, 2.05) is 0 Å². The van der Waals surface area contributed by atoms with E-state index < -0.39 is 0 Å². The number of aromatic nitrogens is 2. The van der Waals surface area contributed by atoms with Gasteiger partial charge < -0.3 is 9.13 Å². The number of benzene rings is 6. The van der Waals surface area contributed by atoms with Crippen LogP contribution in [-0.4, -0.2) is 9.13 Å². The fourth-order valence-corrected chi connectivity index (χ4v) is 6.07. The lowest BCUT2D eigenvalue weighted by Gasteiger charge is -2.13. The number of hydrogen-bond donors (Lipinski definition) is 0. The Morgan fingerprint density at radius 3 is 1.42 bits per heavy atom. The van der Waals surface area contributed by atoms with Gasteiger partial charge in [0.05, 0.1) is 22.1 Å². The van der Waals surface area contributed by atoms with E-state index in [-0.39, 0.29) is 0 Å². The quantitative estimate of drug-likeness (QED) is 0.236. The van der Waals surface area contributed by atoms with E-state index in [4.69, 9.17) is 0 Å². The molecule has 0 aliphatic rings. The molecule has 0 atom stereocenters. The van der Waals surface area contributed by atoms with Gasteiger partial charge in [0.1, 0.15) is 0 Å². The molecule has 0 saturated heterocycles. The number of fused-ring (bicyclic) bond motifs is 7. The van der Waals surface area contributed by atoms with E-state index in [0.29, 0.717) is 0 Å². The number of hydrogen-bond acceptors (Lipinski definition) is 0. The molecule has 0 radical (unpaired) electrons. The van der Waals surface area contributed by atoms with E-state index in [2.05, 4.69) is 155 Å². The topological polar surface area (TPSA) is 9.86 Å². The first-order valence-corrected chi connectivity index (χ1v) is 13.0. The third-order valence-corrected chi connectivity index (χ3v) is 7.69. The van der Waals surface area contributed by atoms with E-state index in [1.165, 1.54) is 60.4 Å². The zero-order valence-corrected chi connectivity index (χ0v) is 20.8. The number of rotatable bonds is 3. The van der Waals surface area contributed by atoms with Gasteiger partial charge in [0, 0.05) is 32.9 Å². The summed E-state index contributed by atoms with van der Waals surface area (Å²) in [7, 11) is 0. The molecule has 0 bridgehead atoms. The van der Waals surface area contributed by atoms with Crippen molar-refractivity contribution in [2.24, 2.45) is 0 Å². The summed E-state index contributed by atoms with van der Waals surface area (Å²) in [5.74, 6) is 0. The van der Waals surface area contributed by atoms with Crippen molar-refractivity contribution in [3.8, 4) is 22.5 Å². The van der Waals surface area contributed by atoms with Gasteiger partial charge in [-0.3, -0.25) is 0 Å². The van der Waals surface area contributed by atoms with Crippen LogP contribution in [0.15, 0.2) is 146 Å². The molecule has 178 valence electrons. The van der Waals surface area contributed by atoms with Crippen LogP contribution in [0.4, 0.5) is 0 Å². The summed E-state index contributed by atoms with van der Waals surface area (Å²) in [6, 6.07) is 52.4. The minimum absolute atomic E-state index is 1.16. The largest absolute Gasteiger partial charge is 0.307 e. The van der Waals surface area contributed by atoms with E-state index in [0.717, 1.165) is 5.69 Å². The first kappa shape index (κ1) is 21.0. The van der Waals surface area contributed by atoms with Crippen molar-refractivity contribution in [1.82, 2.24) is 9.13 Å². The molecule has 2 aromatic heterocycles. The SMILES string of the molecule is c1ccc(-c2cccc(-n3c4ccccc4c4ccc5c6ccccc6n(-c6ccccc6)c5c43)c2)cc1. The minimum Gasteiger partial charge on any atom is -0.307 e. The molecule has 2 heterocycles. The van der Waals surface area contributed by atoms with E-state index in [9.17, 15) is 0 Å². The smallest absolute Gasteiger partial charge is 0.0788 e. The third kappa shape index (κ3) is 3.01. The summed E-state index contributed by atoms with van der Waals surface area (Å²) in [5, 5.41) is 5.06. The molecule has 2 heteroatoms. The van der Waals surface area contributed by atoms with Crippen LogP contribution in [0, 0.1) is 0 Å². The van der Waals surface area contributed by atoms with E-state index in [1.54, 1.807) is 0 Å². The maximum atomic E-state index is 2.46. The van der Waals surface area contributed by atoms with Crippen molar-refractivity contribution in [2.45, 2.75) is 0 Å². The maximum absolute atomic E-state index is 2.46. The average Bonchev–Trinajstić information content (AvgIpc) is 3.51.